The predicted octanol–water partition coefficient (Wildman–Crippen LogP) is 3.76. The van der Waals surface area contributed by atoms with E-state index in [1.165, 1.54) is 6.07 Å². The molecule has 0 radical (unpaired) electrons. The van der Waals surface area contributed by atoms with Crippen LogP contribution in [0.25, 0.3) is 0 Å². The molecule has 102 valence electrons. The fourth-order valence-corrected chi connectivity index (χ4v) is 1.62. The minimum atomic E-state index is -4.70. The van der Waals surface area contributed by atoms with E-state index in [4.69, 9.17) is 16.9 Å². The van der Waals surface area contributed by atoms with Crippen molar-refractivity contribution in [2.24, 2.45) is 0 Å². The van der Waals surface area contributed by atoms with Crippen molar-refractivity contribution >= 4 is 23.1 Å². The van der Waals surface area contributed by atoms with Crippen LogP contribution in [0, 0.1) is 11.3 Å². The number of hydrogen-bond donors (Lipinski definition) is 1. The van der Waals surface area contributed by atoms with Crippen molar-refractivity contribution in [3.05, 3.63) is 46.9 Å². The van der Waals surface area contributed by atoms with Crippen LogP contribution in [0.15, 0.2) is 30.3 Å². The third-order valence-corrected chi connectivity index (χ3v) is 2.45. The zero-order chi connectivity index (χ0) is 14.8. The van der Waals surface area contributed by atoms with Crippen LogP contribution in [0.2, 0.25) is 5.15 Å². The molecule has 0 bridgehead atoms. The van der Waals surface area contributed by atoms with Gasteiger partial charge in [-0.05, 0) is 12.1 Å². The molecule has 0 spiro atoms. The molecule has 8 heteroatoms. The van der Waals surface area contributed by atoms with Crippen LogP contribution in [0.4, 0.5) is 24.7 Å². The summed E-state index contributed by atoms with van der Waals surface area (Å²) in [5.41, 5.74) is 0.605. The molecule has 1 aromatic carbocycles. The second-order valence-electron chi connectivity index (χ2n) is 3.68. The highest BCUT2D eigenvalue weighted by atomic mass is 35.5. The van der Waals surface area contributed by atoms with Crippen LogP contribution < -0.4 is 5.32 Å². The van der Waals surface area contributed by atoms with Crippen LogP contribution in [0.5, 0.6) is 0 Å². The van der Waals surface area contributed by atoms with Crippen LogP contribution in [0.3, 0.4) is 0 Å². The topological polar surface area (TPSA) is 61.6 Å². The molecule has 1 heterocycles. The molecule has 20 heavy (non-hydrogen) atoms. The molecule has 0 atom stereocenters. The molecule has 2 rings (SSSR count). The van der Waals surface area contributed by atoms with Crippen LogP contribution >= 0.6 is 11.6 Å². The Balaban J connectivity index is 2.40. The summed E-state index contributed by atoms with van der Waals surface area (Å²) in [7, 11) is 0. The average molecular weight is 299 g/mol. The van der Waals surface area contributed by atoms with Gasteiger partial charge in [0.1, 0.15) is 17.0 Å². The molecule has 0 aliphatic carbocycles. The minimum absolute atomic E-state index is 0.139. The van der Waals surface area contributed by atoms with Gasteiger partial charge in [0.25, 0.3) is 0 Å². The van der Waals surface area contributed by atoms with Crippen LogP contribution in [-0.2, 0) is 6.18 Å². The quantitative estimate of drug-likeness (QED) is 0.857. The van der Waals surface area contributed by atoms with E-state index in [0.29, 0.717) is 5.69 Å². The van der Waals surface area contributed by atoms with Crippen molar-refractivity contribution in [3.63, 3.8) is 0 Å². The lowest BCUT2D eigenvalue weighted by atomic mass is 10.2. The van der Waals surface area contributed by atoms with E-state index in [0.717, 1.165) is 6.07 Å². The number of hydrogen-bond acceptors (Lipinski definition) is 4. The van der Waals surface area contributed by atoms with Gasteiger partial charge in [-0.3, -0.25) is 0 Å². The number of alkyl halides is 3. The van der Waals surface area contributed by atoms with Gasteiger partial charge in [-0.2, -0.15) is 18.4 Å². The van der Waals surface area contributed by atoms with Gasteiger partial charge in [0.15, 0.2) is 0 Å². The molecule has 4 nitrogen and oxygen atoms in total. The molecule has 0 unspecified atom stereocenters. The second-order valence-corrected chi connectivity index (χ2v) is 4.07. The summed E-state index contributed by atoms with van der Waals surface area (Å²) in [5.74, 6) is -1.48. The van der Waals surface area contributed by atoms with E-state index < -0.39 is 12.0 Å². The molecule has 2 aromatic rings. The number of aromatic nitrogens is 2. The number of benzene rings is 1. The maximum absolute atomic E-state index is 12.6. The normalized spacial score (nSPS) is 10.9. The van der Waals surface area contributed by atoms with Gasteiger partial charge in [0, 0.05) is 6.07 Å². The number of nitrogens with one attached hydrogen (secondary N) is 1. The lowest BCUT2D eigenvalue weighted by molar-refractivity contribution is -0.144. The van der Waals surface area contributed by atoms with Gasteiger partial charge in [-0.25, -0.2) is 9.97 Å². The zero-order valence-electron chi connectivity index (χ0n) is 9.74. The Bertz CT molecular complexity index is 679. The minimum Gasteiger partial charge on any atom is -0.339 e. The van der Waals surface area contributed by atoms with E-state index in [1.807, 2.05) is 6.07 Å². The third kappa shape index (κ3) is 3.16. The number of nitriles is 1. The van der Waals surface area contributed by atoms with E-state index in [1.54, 1.807) is 18.2 Å². The summed E-state index contributed by atoms with van der Waals surface area (Å²) in [6.07, 6.45) is -4.70. The zero-order valence-corrected chi connectivity index (χ0v) is 10.5. The van der Waals surface area contributed by atoms with Gasteiger partial charge >= 0.3 is 6.18 Å². The van der Waals surface area contributed by atoms with Gasteiger partial charge in [-0.1, -0.05) is 23.7 Å². The number of para-hydroxylation sites is 1. The van der Waals surface area contributed by atoms with Crippen molar-refractivity contribution in [2.45, 2.75) is 6.18 Å². The van der Waals surface area contributed by atoms with Gasteiger partial charge < -0.3 is 5.32 Å². The number of halogens is 4. The standard InChI is InChI=1S/C12H6ClF3N4/c13-9-5-10(20-11(19-9)12(14,15)16)18-8-4-2-1-3-7(8)6-17/h1-5H,(H,18,19,20). The summed E-state index contributed by atoms with van der Waals surface area (Å²) >= 11 is 5.54. The largest absolute Gasteiger partial charge is 0.451 e. The van der Waals surface area contributed by atoms with Crippen LogP contribution in [0.1, 0.15) is 11.4 Å². The second kappa shape index (κ2) is 5.35. The first-order valence-corrected chi connectivity index (χ1v) is 5.66. The number of nitrogens with zero attached hydrogens (tertiary/aromatic N) is 3. The molecule has 1 aromatic heterocycles. The van der Waals surface area contributed by atoms with E-state index in [-0.39, 0.29) is 16.5 Å². The lowest BCUT2D eigenvalue weighted by Gasteiger charge is -2.10. The van der Waals surface area contributed by atoms with Crippen molar-refractivity contribution in [3.8, 4) is 6.07 Å². The Morgan fingerprint density at radius 2 is 1.90 bits per heavy atom. The summed E-state index contributed by atoms with van der Waals surface area (Å²) in [6, 6.07) is 9.40. The molecule has 0 amide bonds. The summed E-state index contributed by atoms with van der Waals surface area (Å²) in [4.78, 5) is 6.45. The molecule has 0 aliphatic heterocycles. The Labute approximate surface area is 116 Å². The molecule has 0 saturated carbocycles. The summed E-state index contributed by atoms with van der Waals surface area (Å²) in [6.45, 7) is 0. The van der Waals surface area contributed by atoms with Crippen molar-refractivity contribution in [2.75, 3.05) is 5.32 Å². The van der Waals surface area contributed by atoms with Crippen molar-refractivity contribution in [1.29, 1.82) is 5.26 Å². The maximum atomic E-state index is 12.6. The molecular formula is C12H6ClF3N4. The summed E-state index contributed by atoms with van der Waals surface area (Å²) < 4.78 is 37.7. The van der Waals surface area contributed by atoms with Gasteiger partial charge in [-0.15, -0.1) is 0 Å². The summed E-state index contributed by atoms with van der Waals surface area (Å²) in [5, 5.41) is 11.2. The smallest absolute Gasteiger partial charge is 0.339 e. The Morgan fingerprint density at radius 1 is 1.20 bits per heavy atom. The van der Waals surface area contributed by atoms with Crippen molar-refractivity contribution < 1.29 is 13.2 Å². The fraction of sp³-hybridized carbons (Fsp3) is 0.0833. The Kier molecular flexibility index (Phi) is 3.77. The highest BCUT2D eigenvalue weighted by molar-refractivity contribution is 6.29. The third-order valence-electron chi connectivity index (χ3n) is 2.26. The van der Waals surface area contributed by atoms with Gasteiger partial charge in [0.2, 0.25) is 5.82 Å². The highest BCUT2D eigenvalue weighted by Gasteiger charge is 2.35. The Hall–Kier alpha value is -2.33. The lowest BCUT2D eigenvalue weighted by Crippen LogP contribution is -2.12. The fourth-order valence-electron chi connectivity index (χ4n) is 1.44. The maximum Gasteiger partial charge on any atom is 0.451 e. The first-order chi connectivity index (χ1) is 9.40. The molecule has 0 fully saturated rings. The molecule has 1 N–H and O–H groups in total. The van der Waals surface area contributed by atoms with Crippen molar-refractivity contribution in [1.82, 2.24) is 9.97 Å². The number of rotatable bonds is 2. The monoisotopic (exact) mass is 298 g/mol. The van der Waals surface area contributed by atoms with E-state index in [2.05, 4.69) is 15.3 Å². The van der Waals surface area contributed by atoms with Crippen LogP contribution in [-0.4, -0.2) is 9.97 Å². The SMILES string of the molecule is N#Cc1ccccc1Nc1cc(Cl)nc(C(F)(F)F)n1. The number of anilines is 2. The Morgan fingerprint density at radius 3 is 2.55 bits per heavy atom. The molecule has 0 saturated heterocycles. The predicted molar refractivity (Wildman–Crippen MR) is 66.5 cm³/mol. The first-order valence-electron chi connectivity index (χ1n) is 5.28. The highest BCUT2D eigenvalue weighted by Crippen LogP contribution is 2.29. The van der Waals surface area contributed by atoms with Gasteiger partial charge in [0.05, 0.1) is 11.3 Å². The first kappa shape index (κ1) is 14.1. The molecule has 0 aliphatic rings. The van der Waals surface area contributed by atoms with E-state index in [9.17, 15) is 13.2 Å². The van der Waals surface area contributed by atoms with E-state index >= 15 is 0 Å². The average Bonchev–Trinajstić information content (AvgIpc) is 2.37. The molecular weight excluding hydrogens is 293 g/mol.